The van der Waals surface area contributed by atoms with Crippen LogP contribution in [0.3, 0.4) is 0 Å². The third-order valence-corrected chi connectivity index (χ3v) is 20.4. The van der Waals surface area contributed by atoms with Crippen LogP contribution in [0.1, 0.15) is 0 Å². The maximum atomic E-state index is 5.20. The summed E-state index contributed by atoms with van der Waals surface area (Å²) in [5.74, 6) is 6.78. The minimum atomic E-state index is 0.592. The van der Waals surface area contributed by atoms with Crippen molar-refractivity contribution in [2.24, 2.45) is 0 Å². The molecule has 15 nitrogen and oxygen atoms in total. The smallest absolute Gasteiger partial charge is 0.169 e. The fourth-order valence-corrected chi connectivity index (χ4v) is 15.1. The third kappa shape index (κ3) is 12.0. The molecular weight excluding hydrogens is 1360 g/mol. The molecule has 0 radical (unpaired) electrons. The molecule has 0 aliphatic heterocycles. The van der Waals surface area contributed by atoms with Gasteiger partial charge in [0, 0.05) is 84.1 Å². The summed E-state index contributed by atoms with van der Waals surface area (Å²) in [6.07, 6.45) is 0. The van der Waals surface area contributed by atoms with Crippen LogP contribution in [-0.2, 0) is 0 Å². The summed E-state index contributed by atoms with van der Waals surface area (Å²) >= 11 is 0. The molecule has 0 aliphatic carbocycles. The second kappa shape index (κ2) is 28.1. The minimum absolute atomic E-state index is 0.592. The van der Waals surface area contributed by atoms with Gasteiger partial charge in [-0.3, -0.25) is 22.8 Å². The highest BCUT2D eigenvalue weighted by atomic mass is 15.3. The largest absolute Gasteiger partial charge is 0.275 e. The molecule has 15 heteroatoms. The normalized spacial score (nSPS) is 11.4. The zero-order chi connectivity index (χ0) is 73.6. The van der Waals surface area contributed by atoms with Crippen molar-refractivity contribution in [2.45, 2.75) is 0 Å². The average Bonchev–Trinajstić information content (AvgIpc) is 1.65. The molecular formula is C96H63N15. The molecule has 0 saturated heterocycles. The highest BCUT2D eigenvalue weighted by molar-refractivity contribution is 5.97. The van der Waals surface area contributed by atoms with E-state index in [0.717, 1.165) is 140 Å². The summed E-state index contributed by atoms with van der Waals surface area (Å²) < 4.78 is 10.7. The topological polar surface area (TPSA) is 154 Å². The van der Waals surface area contributed by atoms with Gasteiger partial charge in [0.2, 0.25) is 0 Å². The highest BCUT2D eigenvalue weighted by Gasteiger charge is 2.28. The van der Waals surface area contributed by atoms with E-state index in [1.165, 1.54) is 0 Å². The van der Waals surface area contributed by atoms with E-state index in [1.807, 2.05) is 109 Å². The number of hydrogen-bond acceptors (Lipinski definition) is 10. The van der Waals surface area contributed by atoms with Gasteiger partial charge < -0.3 is 0 Å². The van der Waals surface area contributed by atoms with Crippen LogP contribution in [0.25, 0.3) is 186 Å². The van der Waals surface area contributed by atoms with Crippen molar-refractivity contribution in [3.8, 4) is 165 Å². The Labute approximate surface area is 638 Å². The van der Waals surface area contributed by atoms with Gasteiger partial charge in [-0.25, -0.2) is 0 Å². The van der Waals surface area contributed by atoms with Crippen LogP contribution >= 0.6 is 0 Å². The van der Waals surface area contributed by atoms with Crippen molar-refractivity contribution >= 4 is 21.5 Å². The standard InChI is InChI=1S/C96H63N15/c1-7-29-68(30-8-1)87-97-102-92(107(87)78-38-11-3-12-39-78)75-60-76(93-103-98-88(69-31-9-2-10-32-69)108(93)79-40-13-4-14-41-79)62-77(61-75)94-104-101-91(109(94)80-42-15-5-16-43-80)74-37-23-35-72(59-74)73-36-24-46-82(63-73)111-90(100-106-96(111)86-50-26-34-67-28-20-22-48-84(67)86)71-57-53-65(54-58-71)64-51-55-70(56-52-64)89-99-105-95(110(89)81-44-17-6-18-45-81)85-49-25-33-66-27-19-21-47-83(66)85/h1-63H. The van der Waals surface area contributed by atoms with E-state index in [0.29, 0.717) is 46.6 Å². The lowest BCUT2D eigenvalue weighted by atomic mass is 10.0. The Bertz CT molecular complexity index is 6640. The van der Waals surface area contributed by atoms with Gasteiger partial charge >= 0.3 is 0 Å². The van der Waals surface area contributed by atoms with Crippen LogP contribution in [0, 0.1) is 0 Å². The van der Waals surface area contributed by atoms with E-state index in [1.54, 1.807) is 0 Å². The molecule has 0 spiro atoms. The summed E-state index contributed by atoms with van der Waals surface area (Å²) in [5.41, 5.74) is 17.4. The highest BCUT2D eigenvalue weighted by Crippen LogP contribution is 2.42. The Balaban J connectivity index is 0.685. The van der Waals surface area contributed by atoms with Gasteiger partial charge in [0.05, 0.1) is 0 Å². The molecule has 0 N–H and O–H groups in total. The van der Waals surface area contributed by atoms with Crippen molar-refractivity contribution in [1.29, 1.82) is 0 Å². The van der Waals surface area contributed by atoms with Crippen molar-refractivity contribution < 1.29 is 0 Å². The van der Waals surface area contributed by atoms with Crippen molar-refractivity contribution in [3.05, 3.63) is 382 Å². The SMILES string of the molecule is c1ccc(-c2nnc(-c3cc(-c4nnc(-c5ccccc5)n4-c4ccccc4)cc(-c4nnc(-c5cccc(-c6cccc(-n7c(-c8ccc(-c9ccc(-c%10nnc(-c%11cccc%12ccccc%11%12)n%10-c%10ccccc%10)cc9)cc8)nnc7-c7cccc8ccccc78)c6)c5)n4-c4ccccc4)c3)n2-c2ccccc2)cc1. The fraction of sp³-hybridized carbons (Fsp3) is 0. The van der Waals surface area contributed by atoms with Crippen LogP contribution in [0.2, 0.25) is 0 Å². The van der Waals surface area contributed by atoms with E-state index < -0.39 is 0 Å². The molecule has 0 fully saturated rings. The molecule has 0 amide bonds. The summed E-state index contributed by atoms with van der Waals surface area (Å²) in [4.78, 5) is 0. The van der Waals surface area contributed by atoms with Gasteiger partial charge in [-0.2, -0.15) is 0 Å². The van der Waals surface area contributed by atoms with Gasteiger partial charge in [0.1, 0.15) is 0 Å². The van der Waals surface area contributed by atoms with E-state index in [-0.39, 0.29) is 0 Å². The first-order chi connectivity index (χ1) is 55.1. The number of nitrogens with zero attached hydrogens (tertiary/aromatic N) is 15. The van der Waals surface area contributed by atoms with Gasteiger partial charge in [-0.1, -0.05) is 297 Å². The van der Waals surface area contributed by atoms with Crippen molar-refractivity contribution in [3.63, 3.8) is 0 Å². The monoisotopic (exact) mass is 1430 g/mol. The maximum Gasteiger partial charge on any atom is 0.169 e. The molecule has 5 aromatic heterocycles. The van der Waals surface area contributed by atoms with Crippen LogP contribution < -0.4 is 0 Å². The molecule has 20 aromatic rings. The number of aromatic nitrogens is 15. The number of rotatable bonds is 17. The molecule has 0 bridgehead atoms. The van der Waals surface area contributed by atoms with Gasteiger partial charge in [-0.15, -0.1) is 51.0 Å². The van der Waals surface area contributed by atoms with E-state index in [2.05, 4.69) is 296 Å². The Hall–Kier alpha value is -15.5. The lowest BCUT2D eigenvalue weighted by molar-refractivity contribution is 1.06. The summed E-state index contributed by atoms with van der Waals surface area (Å²) in [6, 6.07) is 132. The predicted octanol–water partition coefficient (Wildman–Crippen LogP) is 21.9. The zero-order valence-corrected chi connectivity index (χ0v) is 59.6. The molecule has 0 aliphatic rings. The van der Waals surface area contributed by atoms with Gasteiger partial charge in [0.15, 0.2) is 58.2 Å². The van der Waals surface area contributed by atoms with Crippen LogP contribution in [0.15, 0.2) is 382 Å². The Morgan fingerprint density at radius 2 is 0.360 bits per heavy atom. The molecule has 15 aromatic carbocycles. The zero-order valence-electron chi connectivity index (χ0n) is 59.6. The number of benzene rings is 15. The van der Waals surface area contributed by atoms with Crippen LogP contribution in [0.4, 0.5) is 0 Å². The summed E-state index contributed by atoms with van der Waals surface area (Å²) in [6.45, 7) is 0. The molecule has 111 heavy (non-hydrogen) atoms. The quantitative estimate of drug-likeness (QED) is 0.0861. The van der Waals surface area contributed by atoms with Crippen LogP contribution in [0.5, 0.6) is 0 Å². The maximum absolute atomic E-state index is 5.20. The third-order valence-electron chi connectivity index (χ3n) is 20.4. The molecule has 5 heterocycles. The lowest BCUT2D eigenvalue weighted by Gasteiger charge is -2.16. The average molecular weight is 1430 g/mol. The Kier molecular flexibility index (Phi) is 16.5. The van der Waals surface area contributed by atoms with Crippen LogP contribution in [-0.4, -0.2) is 73.8 Å². The summed E-state index contributed by atoms with van der Waals surface area (Å²) in [5, 5.41) is 54.6. The Morgan fingerprint density at radius 3 is 0.748 bits per heavy atom. The molecule has 20 rings (SSSR count). The lowest BCUT2D eigenvalue weighted by Crippen LogP contribution is -2.04. The number of fused-ring (bicyclic) bond motifs is 2. The fourth-order valence-electron chi connectivity index (χ4n) is 15.1. The van der Waals surface area contributed by atoms with Crippen molar-refractivity contribution in [1.82, 2.24) is 73.8 Å². The first kappa shape index (κ1) is 65.1. The van der Waals surface area contributed by atoms with E-state index in [4.69, 9.17) is 51.0 Å². The summed E-state index contributed by atoms with van der Waals surface area (Å²) in [7, 11) is 0. The minimum Gasteiger partial charge on any atom is -0.275 e. The van der Waals surface area contributed by atoms with Gasteiger partial charge in [0.25, 0.3) is 0 Å². The van der Waals surface area contributed by atoms with Crippen molar-refractivity contribution in [2.75, 3.05) is 0 Å². The van der Waals surface area contributed by atoms with E-state index >= 15 is 0 Å². The second-order valence-electron chi connectivity index (χ2n) is 27.1. The second-order valence-corrected chi connectivity index (χ2v) is 27.1. The molecule has 0 saturated carbocycles. The number of para-hydroxylation sites is 4. The Morgan fingerprint density at radius 1 is 0.135 bits per heavy atom. The molecule has 522 valence electrons. The predicted molar refractivity (Wildman–Crippen MR) is 441 cm³/mol. The molecule has 0 atom stereocenters. The number of hydrogen-bond donors (Lipinski definition) is 0. The first-order valence-electron chi connectivity index (χ1n) is 36.7. The molecule has 0 unspecified atom stereocenters. The van der Waals surface area contributed by atoms with Gasteiger partial charge in [-0.05, 0) is 129 Å². The van der Waals surface area contributed by atoms with E-state index in [9.17, 15) is 0 Å². The first-order valence-corrected chi connectivity index (χ1v) is 36.7.